The number of rotatable bonds is 2. The van der Waals surface area contributed by atoms with Gasteiger partial charge < -0.3 is 4.74 Å². The minimum atomic E-state index is -4.55. The molecule has 0 saturated carbocycles. The fraction of sp³-hybridized carbons (Fsp3) is 0.0833. The molecule has 0 radical (unpaired) electrons. The normalized spacial score (nSPS) is 11.4. The Morgan fingerprint density at radius 3 is 2.26 bits per heavy atom. The van der Waals surface area contributed by atoms with E-state index in [1.807, 2.05) is 0 Å². The largest absolute Gasteiger partial charge is 0.439 e. The summed E-state index contributed by atoms with van der Waals surface area (Å²) in [5, 5.41) is -0.341. The van der Waals surface area contributed by atoms with Gasteiger partial charge in [0.15, 0.2) is 0 Å². The van der Waals surface area contributed by atoms with E-state index in [0.717, 1.165) is 18.2 Å². The molecule has 0 spiro atoms. The van der Waals surface area contributed by atoms with E-state index >= 15 is 0 Å². The second-order valence-corrected chi connectivity index (χ2v) is 3.96. The summed E-state index contributed by atoms with van der Waals surface area (Å²) in [7, 11) is 0. The third-order valence-corrected chi connectivity index (χ3v) is 2.33. The molecule has 0 aliphatic rings. The third kappa shape index (κ3) is 3.57. The molecule has 0 fully saturated rings. The Balaban J connectivity index is 2.30. The predicted molar refractivity (Wildman–Crippen MR) is 60.7 cm³/mol. The Hall–Kier alpha value is -1.82. The summed E-state index contributed by atoms with van der Waals surface area (Å²) < 4.78 is 55.4. The summed E-state index contributed by atoms with van der Waals surface area (Å²) in [4.78, 5) is 3.61. The summed E-state index contributed by atoms with van der Waals surface area (Å²) >= 11 is 5.50. The molecule has 2 aromatic rings. The van der Waals surface area contributed by atoms with Gasteiger partial charge in [-0.25, -0.2) is 9.37 Å². The van der Waals surface area contributed by atoms with Crippen molar-refractivity contribution in [2.45, 2.75) is 6.18 Å². The maximum Gasteiger partial charge on any atom is 0.416 e. The molecule has 1 aromatic carbocycles. The second-order valence-electron chi connectivity index (χ2n) is 3.57. The minimum absolute atomic E-state index is 0.157. The number of halogens is 5. The van der Waals surface area contributed by atoms with Crippen molar-refractivity contribution < 1.29 is 22.3 Å². The lowest BCUT2D eigenvalue weighted by molar-refractivity contribution is -0.137. The zero-order valence-corrected chi connectivity index (χ0v) is 9.97. The van der Waals surface area contributed by atoms with Gasteiger partial charge in [-0.2, -0.15) is 13.2 Å². The van der Waals surface area contributed by atoms with E-state index in [1.165, 1.54) is 12.1 Å². The van der Waals surface area contributed by atoms with Gasteiger partial charge in [-0.3, -0.25) is 0 Å². The topological polar surface area (TPSA) is 22.1 Å². The van der Waals surface area contributed by atoms with Gasteiger partial charge in [-0.15, -0.1) is 0 Å². The highest BCUT2D eigenvalue weighted by Crippen LogP contribution is 2.33. The smallest absolute Gasteiger partial charge is 0.416 e. The Morgan fingerprint density at radius 1 is 1.05 bits per heavy atom. The Labute approximate surface area is 110 Å². The number of alkyl halides is 3. The molecule has 7 heteroatoms. The average molecular weight is 292 g/mol. The van der Waals surface area contributed by atoms with Crippen LogP contribution < -0.4 is 4.74 Å². The number of nitrogens with zero attached hydrogens (tertiary/aromatic N) is 1. The highest BCUT2D eigenvalue weighted by atomic mass is 35.5. The number of ether oxygens (including phenoxy) is 1. The standard InChI is InChI=1S/C12H6ClF4NO/c13-10-5-7(12(15,16)17)6-11(18-10)19-9-3-1-8(14)2-4-9/h1-6H. The summed E-state index contributed by atoms with van der Waals surface area (Å²) in [6.07, 6.45) is -4.55. The van der Waals surface area contributed by atoms with Gasteiger partial charge in [0.2, 0.25) is 5.88 Å². The zero-order valence-electron chi connectivity index (χ0n) is 9.21. The zero-order chi connectivity index (χ0) is 14.0. The van der Waals surface area contributed by atoms with Gasteiger partial charge >= 0.3 is 6.18 Å². The Kier molecular flexibility index (Phi) is 3.61. The fourth-order valence-corrected chi connectivity index (χ4v) is 1.51. The van der Waals surface area contributed by atoms with E-state index in [1.54, 1.807) is 0 Å². The van der Waals surface area contributed by atoms with Crippen molar-refractivity contribution in [3.05, 3.63) is 52.9 Å². The minimum Gasteiger partial charge on any atom is -0.439 e. The molecule has 19 heavy (non-hydrogen) atoms. The van der Waals surface area contributed by atoms with Crippen molar-refractivity contribution >= 4 is 11.6 Å². The first-order valence-electron chi connectivity index (χ1n) is 5.03. The van der Waals surface area contributed by atoms with E-state index in [4.69, 9.17) is 16.3 Å². The van der Waals surface area contributed by atoms with Gasteiger partial charge in [0.25, 0.3) is 0 Å². The molecule has 0 bridgehead atoms. The second kappa shape index (κ2) is 5.05. The van der Waals surface area contributed by atoms with Crippen LogP contribution in [0.4, 0.5) is 17.6 Å². The molecular formula is C12H6ClF4NO. The molecular weight excluding hydrogens is 286 g/mol. The van der Waals surface area contributed by atoms with Gasteiger partial charge in [0.1, 0.15) is 16.7 Å². The lowest BCUT2D eigenvalue weighted by Crippen LogP contribution is -2.05. The van der Waals surface area contributed by atoms with Crippen LogP contribution in [0.1, 0.15) is 5.56 Å². The molecule has 2 rings (SSSR count). The van der Waals surface area contributed by atoms with Crippen LogP contribution in [-0.4, -0.2) is 4.98 Å². The number of benzene rings is 1. The van der Waals surface area contributed by atoms with Crippen LogP contribution in [0, 0.1) is 5.82 Å². The first-order valence-corrected chi connectivity index (χ1v) is 5.40. The third-order valence-electron chi connectivity index (χ3n) is 2.13. The molecule has 100 valence electrons. The van der Waals surface area contributed by atoms with Crippen LogP contribution in [0.15, 0.2) is 36.4 Å². The Bertz CT molecular complexity index is 583. The van der Waals surface area contributed by atoms with E-state index < -0.39 is 17.6 Å². The number of hydrogen-bond acceptors (Lipinski definition) is 2. The summed E-state index contributed by atoms with van der Waals surface area (Å²) in [5.74, 6) is -0.641. The van der Waals surface area contributed by atoms with Crippen molar-refractivity contribution in [2.75, 3.05) is 0 Å². The van der Waals surface area contributed by atoms with Crippen LogP contribution in [0.5, 0.6) is 11.6 Å². The fourth-order valence-electron chi connectivity index (χ4n) is 1.31. The van der Waals surface area contributed by atoms with E-state index in [2.05, 4.69) is 4.98 Å². The van der Waals surface area contributed by atoms with Gasteiger partial charge in [0, 0.05) is 6.07 Å². The van der Waals surface area contributed by atoms with Crippen molar-refractivity contribution in [3.63, 3.8) is 0 Å². The molecule has 0 amide bonds. The Morgan fingerprint density at radius 2 is 1.68 bits per heavy atom. The predicted octanol–water partition coefficient (Wildman–Crippen LogP) is 4.69. The monoisotopic (exact) mass is 291 g/mol. The lowest BCUT2D eigenvalue weighted by Gasteiger charge is -2.10. The van der Waals surface area contributed by atoms with Gasteiger partial charge in [-0.05, 0) is 30.3 Å². The van der Waals surface area contributed by atoms with Crippen molar-refractivity contribution in [2.24, 2.45) is 0 Å². The van der Waals surface area contributed by atoms with E-state index in [-0.39, 0.29) is 16.8 Å². The summed E-state index contributed by atoms with van der Waals surface area (Å²) in [6, 6.07) is 6.18. The maximum absolute atomic E-state index is 12.7. The van der Waals surface area contributed by atoms with Crippen LogP contribution in [0.25, 0.3) is 0 Å². The summed E-state index contributed by atoms with van der Waals surface area (Å²) in [5.41, 5.74) is -0.968. The van der Waals surface area contributed by atoms with Crippen molar-refractivity contribution in [1.29, 1.82) is 0 Å². The quantitative estimate of drug-likeness (QED) is 0.592. The van der Waals surface area contributed by atoms with Crippen molar-refractivity contribution in [3.8, 4) is 11.6 Å². The number of pyridine rings is 1. The number of hydrogen-bond donors (Lipinski definition) is 0. The first-order chi connectivity index (χ1) is 8.84. The SMILES string of the molecule is Fc1ccc(Oc2cc(C(F)(F)F)cc(Cl)n2)cc1. The number of aromatic nitrogens is 1. The molecule has 1 aromatic heterocycles. The molecule has 0 saturated heterocycles. The van der Waals surface area contributed by atoms with Crippen LogP contribution in [-0.2, 0) is 6.18 Å². The van der Waals surface area contributed by atoms with Crippen LogP contribution >= 0.6 is 11.6 Å². The molecule has 0 aliphatic heterocycles. The lowest BCUT2D eigenvalue weighted by atomic mass is 10.2. The molecule has 0 unspecified atom stereocenters. The van der Waals surface area contributed by atoms with Gasteiger partial charge in [-0.1, -0.05) is 11.6 Å². The first kappa shape index (κ1) is 13.6. The van der Waals surface area contributed by atoms with Crippen LogP contribution in [0.2, 0.25) is 5.15 Å². The highest BCUT2D eigenvalue weighted by molar-refractivity contribution is 6.29. The molecule has 2 nitrogen and oxygen atoms in total. The van der Waals surface area contributed by atoms with Gasteiger partial charge in [0.05, 0.1) is 5.56 Å². The molecule has 1 heterocycles. The van der Waals surface area contributed by atoms with Crippen LogP contribution in [0.3, 0.4) is 0 Å². The van der Waals surface area contributed by atoms with Crippen molar-refractivity contribution in [1.82, 2.24) is 4.98 Å². The average Bonchev–Trinajstić information content (AvgIpc) is 2.30. The summed E-state index contributed by atoms with van der Waals surface area (Å²) in [6.45, 7) is 0. The molecule has 0 N–H and O–H groups in total. The molecule has 0 aliphatic carbocycles. The maximum atomic E-state index is 12.7. The van der Waals surface area contributed by atoms with E-state index in [0.29, 0.717) is 6.07 Å². The van der Waals surface area contributed by atoms with E-state index in [9.17, 15) is 17.6 Å². The highest BCUT2D eigenvalue weighted by Gasteiger charge is 2.31. The molecule has 0 atom stereocenters.